The number of hydrogen-bond donors (Lipinski definition) is 1. The predicted octanol–water partition coefficient (Wildman–Crippen LogP) is 3.57. The van der Waals surface area contributed by atoms with Crippen LogP contribution >= 0.6 is 11.8 Å². The topological polar surface area (TPSA) is 20.2 Å². The molecule has 1 N–H and O–H groups in total. The molecule has 1 nitrogen and oxygen atoms in total. The standard InChI is InChI=1S/C11H13F3OS/c1-3-16-9-6-4-8(5-7-9)10(2,15)11(12,13)14/h4-7,15H,3H2,1-2H3. The number of rotatable bonds is 3. The van der Waals surface area contributed by atoms with E-state index in [9.17, 15) is 18.3 Å². The largest absolute Gasteiger partial charge is 0.421 e. The molecule has 0 bridgehead atoms. The van der Waals surface area contributed by atoms with Crippen LogP contribution in [0.1, 0.15) is 19.4 Å². The second-order valence-corrected chi connectivity index (χ2v) is 4.86. The molecule has 1 aromatic rings. The zero-order valence-corrected chi connectivity index (χ0v) is 9.82. The van der Waals surface area contributed by atoms with E-state index in [2.05, 4.69) is 0 Å². The summed E-state index contributed by atoms with van der Waals surface area (Å²) in [6, 6.07) is 5.80. The summed E-state index contributed by atoms with van der Waals surface area (Å²) in [5, 5.41) is 9.41. The number of hydrogen-bond acceptors (Lipinski definition) is 2. The Bertz CT molecular complexity index is 343. The molecule has 0 saturated carbocycles. The SMILES string of the molecule is CCSc1ccc(C(C)(O)C(F)(F)F)cc1. The molecule has 0 amide bonds. The minimum Gasteiger partial charge on any atom is -0.376 e. The molecular formula is C11H13F3OS. The van der Waals surface area contributed by atoms with Crippen LogP contribution in [0.5, 0.6) is 0 Å². The number of thioether (sulfide) groups is 1. The molecule has 0 heterocycles. The summed E-state index contributed by atoms with van der Waals surface area (Å²) in [5.74, 6) is 0.856. The first-order chi connectivity index (χ1) is 7.29. The highest BCUT2D eigenvalue weighted by molar-refractivity contribution is 7.99. The van der Waals surface area contributed by atoms with Crippen molar-refractivity contribution in [3.05, 3.63) is 29.8 Å². The van der Waals surface area contributed by atoms with Gasteiger partial charge in [-0.25, -0.2) is 0 Å². The summed E-state index contributed by atoms with van der Waals surface area (Å²) < 4.78 is 37.5. The van der Waals surface area contributed by atoms with E-state index in [0.717, 1.165) is 17.6 Å². The van der Waals surface area contributed by atoms with Gasteiger partial charge in [0.05, 0.1) is 0 Å². The molecule has 0 radical (unpaired) electrons. The van der Waals surface area contributed by atoms with Gasteiger partial charge in [-0.15, -0.1) is 11.8 Å². The fourth-order valence-electron chi connectivity index (χ4n) is 1.21. The zero-order valence-electron chi connectivity index (χ0n) is 9.01. The lowest BCUT2D eigenvalue weighted by Gasteiger charge is -2.26. The van der Waals surface area contributed by atoms with Crippen LogP contribution in [0.15, 0.2) is 29.2 Å². The van der Waals surface area contributed by atoms with Gasteiger partial charge in [-0.2, -0.15) is 13.2 Å². The Labute approximate surface area is 96.7 Å². The molecule has 1 unspecified atom stereocenters. The van der Waals surface area contributed by atoms with Crippen molar-refractivity contribution >= 4 is 11.8 Å². The minimum absolute atomic E-state index is 0.138. The maximum Gasteiger partial charge on any atom is 0.421 e. The van der Waals surface area contributed by atoms with Gasteiger partial charge < -0.3 is 5.11 Å². The lowest BCUT2D eigenvalue weighted by Crippen LogP contribution is -2.39. The molecule has 0 spiro atoms. The zero-order chi connectivity index (χ0) is 12.4. The van der Waals surface area contributed by atoms with Gasteiger partial charge in [0.15, 0.2) is 5.60 Å². The van der Waals surface area contributed by atoms with Crippen LogP contribution in [0.2, 0.25) is 0 Å². The Morgan fingerprint density at radius 1 is 1.19 bits per heavy atom. The van der Waals surface area contributed by atoms with Crippen molar-refractivity contribution in [1.29, 1.82) is 0 Å². The second-order valence-electron chi connectivity index (χ2n) is 3.53. The third-order valence-electron chi connectivity index (χ3n) is 2.28. The van der Waals surface area contributed by atoms with Gasteiger partial charge in [-0.05, 0) is 30.4 Å². The van der Waals surface area contributed by atoms with Gasteiger partial charge in [0.1, 0.15) is 0 Å². The molecule has 1 aromatic carbocycles. The average Bonchev–Trinajstić information content (AvgIpc) is 2.17. The Balaban J connectivity index is 2.97. The Morgan fingerprint density at radius 3 is 2.06 bits per heavy atom. The Hall–Kier alpha value is -0.680. The lowest BCUT2D eigenvalue weighted by molar-refractivity contribution is -0.258. The molecule has 1 atom stereocenters. The molecule has 0 fully saturated rings. The maximum absolute atomic E-state index is 12.5. The monoisotopic (exact) mass is 250 g/mol. The maximum atomic E-state index is 12.5. The van der Waals surface area contributed by atoms with Crippen molar-refractivity contribution in [1.82, 2.24) is 0 Å². The highest BCUT2D eigenvalue weighted by Crippen LogP contribution is 2.38. The van der Waals surface area contributed by atoms with E-state index in [-0.39, 0.29) is 5.56 Å². The molecule has 16 heavy (non-hydrogen) atoms. The van der Waals surface area contributed by atoms with Gasteiger partial charge in [0.2, 0.25) is 0 Å². The summed E-state index contributed by atoms with van der Waals surface area (Å²) in [5.41, 5.74) is -2.93. The van der Waals surface area contributed by atoms with Gasteiger partial charge in [0.25, 0.3) is 0 Å². The van der Waals surface area contributed by atoms with E-state index >= 15 is 0 Å². The van der Waals surface area contributed by atoms with Crippen LogP contribution in [-0.4, -0.2) is 17.0 Å². The van der Waals surface area contributed by atoms with Crippen LogP contribution in [0.3, 0.4) is 0 Å². The van der Waals surface area contributed by atoms with E-state index in [1.54, 1.807) is 12.1 Å². The van der Waals surface area contributed by atoms with Crippen LogP contribution in [0.4, 0.5) is 13.2 Å². The number of halogens is 3. The summed E-state index contributed by atoms with van der Waals surface area (Å²) in [6.45, 7) is 2.72. The lowest BCUT2D eigenvalue weighted by atomic mass is 9.96. The van der Waals surface area contributed by atoms with Crippen LogP contribution < -0.4 is 0 Å². The molecular weight excluding hydrogens is 237 g/mol. The van der Waals surface area contributed by atoms with E-state index in [1.807, 2.05) is 6.92 Å². The van der Waals surface area contributed by atoms with E-state index in [4.69, 9.17) is 0 Å². The van der Waals surface area contributed by atoms with Gasteiger partial charge in [-0.3, -0.25) is 0 Å². The van der Waals surface area contributed by atoms with Crippen molar-refractivity contribution in [3.63, 3.8) is 0 Å². The molecule has 0 saturated heterocycles. The van der Waals surface area contributed by atoms with Crippen molar-refractivity contribution in [2.75, 3.05) is 5.75 Å². The van der Waals surface area contributed by atoms with Gasteiger partial charge in [0, 0.05) is 4.90 Å². The minimum atomic E-state index is -4.66. The molecule has 0 aromatic heterocycles. The second kappa shape index (κ2) is 4.67. The van der Waals surface area contributed by atoms with Crippen molar-refractivity contribution < 1.29 is 18.3 Å². The Kier molecular flexibility index (Phi) is 3.91. The molecule has 5 heteroatoms. The van der Waals surface area contributed by atoms with Crippen molar-refractivity contribution in [2.45, 2.75) is 30.5 Å². The van der Waals surface area contributed by atoms with Crippen molar-refractivity contribution in [3.8, 4) is 0 Å². The third kappa shape index (κ3) is 2.71. The van der Waals surface area contributed by atoms with E-state index in [0.29, 0.717) is 0 Å². The summed E-state index contributed by atoms with van der Waals surface area (Å²) in [4.78, 5) is 0.893. The first-order valence-corrected chi connectivity index (χ1v) is 5.80. The molecule has 0 aliphatic rings. The smallest absolute Gasteiger partial charge is 0.376 e. The molecule has 0 aliphatic carbocycles. The van der Waals surface area contributed by atoms with Crippen LogP contribution in [0, 0.1) is 0 Å². The summed E-state index contributed by atoms with van der Waals surface area (Å²) >= 11 is 1.54. The van der Waals surface area contributed by atoms with Gasteiger partial charge in [-0.1, -0.05) is 19.1 Å². The third-order valence-corrected chi connectivity index (χ3v) is 3.17. The molecule has 1 rings (SSSR count). The summed E-state index contributed by atoms with van der Waals surface area (Å²) in [6.07, 6.45) is -4.66. The number of alkyl halides is 3. The highest BCUT2D eigenvalue weighted by Gasteiger charge is 2.50. The summed E-state index contributed by atoms with van der Waals surface area (Å²) in [7, 11) is 0. The van der Waals surface area contributed by atoms with E-state index in [1.165, 1.54) is 23.9 Å². The molecule has 90 valence electrons. The fourth-order valence-corrected chi connectivity index (χ4v) is 1.87. The van der Waals surface area contributed by atoms with E-state index < -0.39 is 11.8 Å². The predicted molar refractivity (Wildman–Crippen MR) is 58.5 cm³/mol. The highest BCUT2D eigenvalue weighted by atomic mass is 32.2. The first-order valence-electron chi connectivity index (χ1n) is 4.81. The quantitative estimate of drug-likeness (QED) is 0.828. The average molecular weight is 250 g/mol. The fraction of sp³-hybridized carbons (Fsp3) is 0.455. The number of aliphatic hydroxyl groups is 1. The van der Waals surface area contributed by atoms with Gasteiger partial charge >= 0.3 is 6.18 Å². The van der Waals surface area contributed by atoms with Crippen LogP contribution in [-0.2, 0) is 5.60 Å². The van der Waals surface area contributed by atoms with Crippen molar-refractivity contribution in [2.24, 2.45) is 0 Å². The Morgan fingerprint density at radius 2 is 1.69 bits per heavy atom. The number of benzene rings is 1. The van der Waals surface area contributed by atoms with Crippen LogP contribution in [0.25, 0.3) is 0 Å². The first kappa shape index (κ1) is 13.4. The molecule has 0 aliphatic heterocycles. The normalized spacial score (nSPS) is 15.9.